The quantitative estimate of drug-likeness (QED) is 0.841. The number of aromatic nitrogens is 1. The Morgan fingerprint density at radius 1 is 1.65 bits per heavy atom. The van der Waals surface area contributed by atoms with Crippen molar-refractivity contribution in [2.75, 3.05) is 19.6 Å². The van der Waals surface area contributed by atoms with E-state index >= 15 is 0 Å². The minimum absolute atomic E-state index is 0.252. The second-order valence-corrected chi connectivity index (χ2v) is 4.56. The Hall–Kier alpha value is -1.42. The number of nitrogens with one attached hydrogen (secondary N) is 1. The first-order valence-corrected chi connectivity index (χ1v) is 6.16. The van der Waals surface area contributed by atoms with Gasteiger partial charge in [-0.2, -0.15) is 0 Å². The van der Waals surface area contributed by atoms with Crippen LogP contribution in [0.4, 0.5) is 0 Å². The Labute approximate surface area is 102 Å². The zero-order chi connectivity index (χ0) is 12.1. The molecule has 17 heavy (non-hydrogen) atoms. The zero-order valence-electron chi connectivity index (χ0n) is 10.2. The fourth-order valence-corrected chi connectivity index (χ4v) is 2.11. The minimum Gasteiger partial charge on any atom is -0.340 e. The van der Waals surface area contributed by atoms with Gasteiger partial charge in [0.05, 0.1) is 0 Å². The van der Waals surface area contributed by atoms with Crippen LogP contribution >= 0.6 is 0 Å². The number of piperazine rings is 1. The van der Waals surface area contributed by atoms with Crippen LogP contribution in [0.25, 0.3) is 0 Å². The average Bonchev–Trinajstić information content (AvgIpc) is 2.37. The van der Waals surface area contributed by atoms with Crippen molar-refractivity contribution < 1.29 is 4.79 Å². The molecule has 1 saturated heterocycles. The fraction of sp³-hybridized carbons (Fsp3) is 0.538. The van der Waals surface area contributed by atoms with Crippen molar-refractivity contribution in [3.05, 3.63) is 30.1 Å². The zero-order valence-corrected chi connectivity index (χ0v) is 10.2. The molecule has 1 fully saturated rings. The third kappa shape index (κ3) is 3.53. The molecule has 0 radical (unpaired) electrons. The SMILES string of the molecule is CC1CN(C(=O)CCc2cccnc2)CCN1. The third-order valence-electron chi connectivity index (χ3n) is 3.07. The van der Waals surface area contributed by atoms with E-state index in [0.29, 0.717) is 12.5 Å². The summed E-state index contributed by atoms with van der Waals surface area (Å²) in [6.07, 6.45) is 4.94. The number of nitrogens with zero attached hydrogens (tertiary/aromatic N) is 2. The van der Waals surface area contributed by atoms with Gasteiger partial charge in [-0.1, -0.05) is 6.07 Å². The van der Waals surface area contributed by atoms with E-state index in [1.807, 2.05) is 23.2 Å². The predicted octanol–water partition coefficient (Wildman–Crippen LogP) is 0.834. The second-order valence-electron chi connectivity index (χ2n) is 4.56. The number of carbonyl (C=O) groups is 1. The average molecular weight is 233 g/mol. The maximum absolute atomic E-state index is 12.0. The molecule has 0 bridgehead atoms. The first kappa shape index (κ1) is 12.0. The predicted molar refractivity (Wildman–Crippen MR) is 66.6 cm³/mol. The first-order chi connectivity index (χ1) is 8.25. The van der Waals surface area contributed by atoms with Gasteiger partial charge in [-0.25, -0.2) is 0 Å². The van der Waals surface area contributed by atoms with E-state index in [0.717, 1.165) is 31.6 Å². The minimum atomic E-state index is 0.252. The normalized spacial score (nSPS) is 20.3. The van der Waals surface area contributed by atoms with Crippen molar-refractivity contribution in [1.82, 2.24) is 15.2 Å². The Balaban J connectivity index is 1.81. The molecule has 1 aromatic rings. The second kappa shape index (κ2) is 5.77. The number of rotatable bonds is 3. The molecule has 0 spiro atoms. The monoisotopic (exact) mass is 233 g/mol. The first-order valence-electron chi connectivity index (χ1n) is 6.16. The van der Waals surface area contributed by atoms with Gasteiger partial charge in [0.15, 0.2) is 0 Å². The summed E-state index contributed by atoms with van der Waals surface area (Å²) in [6.45, 7) is 4.67. The third-order valence-corrected chi connectivity index (χ3v) is 3.07. The van der Waals surface area contributed by atoms with E-state index in [4.69, 9.17) is 0 Å². The molecule has 1 aliphatic rings. The lowest BCUT2D eigenvalue weighted by atomic mass is 10.1. The van der Waals surface area contributed by atoms with Crippen molar-refractivity contribution in [1.29, 1.82) is 0 Å². The van der Waals surface area contributed by atoms with E-state index in [9.17, 15) is 4.79 Å². The smallest absolute Gasteiger partial charge is 0.222 e. The maximum Gasteiger partial charge on any atom is 0.222 e. The van der Waals surface area contributed by atoms with E-state index in [2.05, 4.69) is 17.2 Å². The molecule has 92 valence electrons. The molecule has 4 nitrogen and oxygen atoms in total. The summed E-state index contributed by atoms with van der Waals surface area (Å²) in [5.41, 5.74) is 1.13. The van der Waals surface area contributed by atoms with Gasteiger partial charge in [0.2, 0.25) is 5.91 Å². The molecule has 4 heteroatoms. The summed E-state index contributed by atoms with van der Waals surface area (Å²) in [5, 5.41) is 3.34. The topological polar surface area (TPSA) is 45.2 Å². The number of aryl methyl sites for hydroxylation is 1. The molecule has 0 aromatic carbocycles. The Bertz CT molecular complexity index is 366. The van der Waals surface area contributed by atoms with Crippen LogP contribution in [-0.2, 0) is 11.2 Å². The van der Waals surface area contributed by atoms with E-state index < -0.39 is 0 Å². The summed E-state index contributed by atoms with van der Waals surface area (Å²) in [4.78, 5) is 18.0. The van der Waals surface area contributed by atoms with Crippen molar-refractivity contribution in [3.8, 4) is 0 Å². The molecule has 1 N–H and O–H groups in total. The summed E-state index contributed by atoms with van der Waals surface area (Å²) in [7, 11) is 0. The van der Waals surface area contributed by atoms with Crippen molar-refractivity contribution >= 4 is 5.91 Å². The largest absolute Gasteiger partial charge is 0.340 e. The highest BCUT2D eigenvalue weighted by Crippen LogP contribution is 2.06. The fourth-order valence-electron chi connectivity index (χ4n) is 2.11. The van der Waals surface area contributed by atoms with Crippen molar-refractivity contribution in [3.63, 3.8) is 0 Å². The highest BCUT2D eigenvalue weighted by molar-refractivity contribution is 5.76. The van der Waals surface area contributed by atoms with Gasteiger partial charge >= 0.3 is 0 Å². The van der Waals surface area contributed by atoms with Gasteiger partial charge in [-0.05, 0) is 25.0 Å². The van der Waals surface area contributed by atoms with Gasteiger partial charge in [-0.3, -0.25) is 9.78 Å². The van der Waals surface area contributed by atoms with Crippen LogP contribution in [0.3, 0.4) is 0 Å². The lowest BCUT2D eigenvalue weighted by molar-refractivity contribution is -0.132. The maximum atomic E-state index is 12.0. The molecule has 0 saturated carbocycles. The van der Waals surface area contributed by atoms with Crippen molar-refractivity contribution in [2.45, 2.75) is 25.8 Å². The number of pyridine rings is 1. The molecule has 1 aliphatic heterocycles. The van der Waals surface area contributed by atoms with E-state index in [-0.39, 0.29) is 5.91 Å². The Morgan fingerprint density at radius 2 is 2.53 bits per heavy atom. The highest BCUT2D eigenvalue weighted by Gasteiger charge is 2.19. The van der Waals surface area contributed by atoms with Crippen LogP contribution < -0.4 is 5.32 Å². The number of hydrogen-bond donors (Lipinski definition) is 1. The standard InChI is InChI=1S/C13H19N3O/c1-11-10-16(8-7-15-11)13(17)5-4-12-3-2-6-14-9-12/h2-3,6,9,11,15H,4-5,7-8,10H2,1H3. The number of carbonyl (C=O) groups excluding carboxylic acids is 1. The summed E-state index contributed by atoms with van der Waals surface area (Å²) in [5.74, 6) is 0.252. The lowest BCUT2D eigenvalue weighted by Crippen LogP contribution is -2.51. The summed E-state index contributed by atoms with van der Waals surface area (Å²) < 4.78 is 0. The van der Waals surface area contributed by atoms with Crippen LogP contribution in [0.2, 0.25) is 0 Å². The van der Waals surface area contributed by atoms with Gasteiger partial charge in [-0.15, -0.1) is 0 Å². The van der Waals surface area contributed by atoms with Gasteiger partial charge in [0, 0.05) is 44.5 Å². The molecule has 1 aromatic heterocycles. The molecular formula is C13H19N3O. The van der Waals surface area contributed by atoms with E-state index in [1.165, 1.54) is 0 Å². The molecule has 2 rings (SSSR count). The molecule has 1 unspecified atom stereocenters. The highest BCUT2D eigenvalue weighted by atomic mass is 16.2. The Morgan fingerprint density at radius 3 is 3.24 bits per heavy atom. The number of amides is 1. The molecule has 0 aliphatic carbocycles. The summed E-state index contributed by atoms with van der Waals surface area (Å²) in [6, 6.07) is 4.33. The van der Waals surface area contributed by atoms with Crippen molar-refractivity contribution in [2.24, 2.45) is 0 Å². The lowest BCUT2D eigenvalue weighted by Gasteiger charge is -2.32. The van der Waals surface area contributed by atoms with Crippen LogP contribution in [-0.4, -0.2) is 41.5 Å². The van der Waals surface area contributed by atoms with Crippen LogP contribution in [0.5, 0.6) is 0 Å². The van der Waals surface area contributed by atoms with Crippen LogP contribution in [0, 0.1) is 0 Å². The molecular weight excluding hydrogens is 214 g/mol. The Kier molecular flexibility index (Phi) is 4.09. The number of hydrogen-bond acceptors (Lipinski definition) is 3. The molecule has 1 amide bonds. The van der Waals surface area contributed by atoms with Crippen LogP contribution in [0.1, 0.15) is 18.9 Å². The molecule has 2 heterocycles. The van der Waals surface area contributed by atoms with Gasteiger partial charge < -0.3 is 10.2 Å². The summed E-state index contributed by atoms with van der Waals surface area (Å²) >= 11 is 0. The molecule has 1 atom stereocenters. The van der Waals surface area contributed by atoms with Gasteiger partial charge in [0.25, 0.3) is 0 Å². The van der Waals surface area contributed by atoms with Gasteiger partial charge in [0.1, 0.15) is 0 Å². The van der Waals surface area contributed by atoms with Crippen LogP contribution in [0.15, 0.2) is 24.5 Å². The van der Waals surface area contributed by atoms with E-state index in [1.54, 1.807) is 6.20 Å².